The van der Waals surface area contributed by atoms with E-state index in [2.05, 4.69) is 10.3 Å². The number of nitro groups is 1. The Bertz CT molecular complexity index is 519. The first-order valence-electron chi connectivity index (χ1n) is 5.88. The summed E-state index contributed by atoms with van der Waals surface area (Å²) in [5.74, 6) is 0.127. The highest BCUT2D eigenvalue weighted by atomic mass is 16.6. The quantitative estimate of drug-likeness (QED) is 0.565. The van der Waals surface area contributed by atoms with Crippen molar-refractivity contribution in [2.24, 2.45) is 5.73 Å². The number of hydrogen-bond acceptors (Lipinski definition) is 6. The van der Waals surface area contributed by atoms with E-state index in [1.54, 1.807) is 11.8 Å². The van der Waals surface area contributed by atoms with Gasteiger partial charge in [-0.15, -0.1) is 0 Å². The van der Waals surface area contributed by atoms with Crippen LogP contribution in [0.2, 0.25) is 0 Å². The molecule has 8 nitrogen and oxygen atoms in total. The number of hydrogen-bond donors (Lipinski definition) is 2. The molecule has 1 unspecified atom stereocenters. The van der Waals surface area contributed by atoms with Crippen LogP contribution >= 0.6 is 0 Å². The molecule has 1 saturated heterocycles. The summed E-state index contributed by atoms with van der Waals surface area (Å²) in [4.78, 5) is 27.5. The molecule has 2 heterocycles. The summed E-state index contributed by atoms with van der Waals surface area (Å²) in [5, 5.41) is 13.8. The van der Waals surface area contributed by atoms with Gasteiger partial charge >= 0.3 is 0 Å². The van der Waals surface area contributed by atoms with Crippen LogP contribution in [0.5, 0.6) is 0 Å². The lowest BCUT2D eigenvalue weighted by atomic mass is 10.1. The van der Waals surface area contributed by atoms with Crippen LogP contribution in [0.3, 0.4) is 0 Å². The third kappa shape index (κ3) is 2.63. The second-order valence-corrected chi connectivity index (χ2v) is 4.41. The molecular weight excluding hydrogens is 250 g/mol. The number of pyridine rings is 1. The molecule has 19 heavy (non-hydrogen) atoms. The topological polar surface area (TPSA) is 114 Å². The second kappa shape index (κ2) is 5.19. The van der Waals surface area contributed by atoms with Crippen LogP contribution in [-0.4, -0.2) is 41.5 Å². The van der Waals surface area contributed by atoms with Crippen LogP contribution < -0.4 is 16.0 Å². The highest BCUT2D eigenvalue weighted by molar-refractivity contribution is 5.84. The Morgan fingerprint density at radius 1 is 1.68 bits per heavy atom. The Kier molecular flexibility index (Phi) is 3.61. The lowest BCUT2D eigenvalue weighted by molar-refractivity contribution is -0.385. The zero-order valence-corrected chi connectivity index (χ0v) is 10.5. The first-order valence-corrected chi connectivity index (χ1v) is 5.88. The zero-order chi connectivity index (χ0) is 14.0. The van der Waals surface area contributed by atoms with Gasteiger partial charge < -0.3 is 16.0 Å². The minimum absolute atomic E-state index is 0.0630. The van der Waals surface area contributed by atoms with Crippen molar-refractivity contribution in [2.75, 3.05) is 24.5 Å². The summed E-state index contributed by atoms with van der Waals surface area (Å²) in [6.07, 6.45) is 1.20. The third-order valence-corrected chi connectivity index (χ3v) is 3.09. The van der Waals surface area contributed by atoms with E-state index in [0.717, 1.165) is 0 Å². The number of aryl methyl sites for hydroxylation is 1. The summed E-state index contributed by atoms with van der Waals surface area (Å²) in [7, 11) is 0. The van der Waals surface area contributed by atoms with E-state index < -0.39 is 16.9 Å². The fourth-order valence-electron chi connectivity index (χ4n) is 2.17. The first kappa shape index (κ1) is 13.2. The average Bonchev–Trinajstić information content (AvgIpc) is 2.38. The molecule has 3 N–H and O–H groups in total. The Hall–Kier alpha value is -2.22. The van der Waals surface area contributed by atoms with Crippen molar-refractivity contribution < 1.29 is 9.72 Å². The number of aromatic nitrogens is 1. The predicted octanol–water partition coefficient (Wildman–Crippen LogP) is -0.438. The normalized spacial score (nSPS) is 19.2. The number of carbonyl (C=O) groups excluding carboxylic acids is 1. The minimum Gasteiger partial charge on any atom is -0.368 e. The molecule has 0 spiro atoms. The summed E-state index contributed by atoms with van der Waals surface area (Å²) in [5.41, 5.74) is 5.96. The van der Waals surface area contributed by atoms with Gasteiger partial charge in [-0.2, -0.15) is 0 Å². The van der Waals surface area contributed by atoms with Crippen LogP contribution in [0.4, 0.5) is 11.5 Å². The van der Waals surface area contributed by atoms with E-state index in [4.69, 9.17) is 5.73 Å². The van der Waals surface area contributed by atoms with Crippen molar-refractivity contribution in [1.29, 1.82) is 0 Å². The summed E-state index contributed by atoms with van der Waals surface area (Å²) in [6, 6.07) is 0.962. The van der Waals surface area contributed by atoms with E-state index in [1.165, 1.54) is 12.3 Å². The van der Waals surface area contributed by atoms with Gasteiger partial charge in [0.1, 0.15) is 18.1 Å². The molecule has 0 radical (unpaired) electrons. The first-order chi connectivity index (χ1) is 9.00. The number of amides is 1. The van der Waals surface area contributed by atoms with Gasteiger partial charge in [0.15, 0.2) is 0 Å². The summed E-state index contributed by atoms with van der Waals surface area (Å²) < 4.78 is 0. The van der Waals surface area contributed by atoms with Crippen LogP contribution in [0.1, 0.15) is 5.56 Å². The monoisotopic (exact) mass is 265 g/mol. The molecule has 2 rings (SSSR count). The van der Waals surface area contributed by atoms with Gasteiger partial charge in [0.2, 0.25) is 5.91 Å². The third-order valence-electron chi connectivity index (χ3n) is 3.09. The van der Waals surface area contributed by atoms with E-state index in [1.807, 2.05) is 0 Å². The van der Waals surface area contributed by atoms with Gasteiger partial charge in [0.05, 0.1) is 4.92 Å². The molecule has 1 fully saturated rings. The average molecular weight is 265 g/mol. The lowest BCUT2D eigenvalue weighted by Crippen LogP contribution is -2.57. The lowest BCUT2D eigenvalue weighted by Gasteiger charge is -2.35. The molecule has 0 bridgehead atoms. The van der Waals surface area contributed by atoms with E-state index in [0.29, 0.717) is 31.0 Å². The zero-order valence-electron chi connectivity index (χ0n) is 10.5. The number of nitrogens with one attached hydrogen (secondary N) is 1. The fourth-order valence-corrected chi connectivity index (χ4v) is 2.17. The molecule has 8 heteroatoms. The Labute approximate surface area is 109 Å². The maximum Gasteiger partial charge on any atom is 0.287 e. The molecule has 0 aliphatic carbocycles. The Balaban J connectivity index is 2.34. The van der Waals surface area contributed by atoms with Crippen LogP contribution in [0.15, 0.2) is 12.3 Å². The van der Waals surface area contributed by atoms with Gasteiger partial charge in [-0.3, -0.25) is 14.9 Å². The molecule has 0 aromatic carbocycles. The summed E-state index contributed by atoms with van der Waals surface area (Å²) in [6.45, 7) is 3.48. The van der Waals surface area contributed by atoms with Crippen LogP contribution in [0.25, 0.3) is 0 Å². The minimum atomic E-state index is -0.493. The maximum absolute atomic E-state index is 11.4. The molecule has 1 aromatic heterocycles. The van der Waals surface area contributed by atoms with Crippen molar-refractivity contribution in [1.82, 2.24) is 10.3 Å². The summed E-state index contributed by atoms with van der Waals surface area (Å²) >= 11 is 0. The molecule has 0 saturated carbocycles. The number of rotatable bonds is 3. The van der Waals surface area contributed by atoms with Gasteiger partial charge in [-0.25, -0.2) is 4.98 Å². The van der Waals surface area contributed by atoms with Crippen molar-refractivity contribution in [2.45, 2.75) is 13.0 Å². The number of nitrogens with zero attached hydrogens (tertiary/aromatic N) is 3. The van der Waals surface area contributed by atoms with E-state index in [-0.39, 0.29) is 5.69 Å². The van der Waals surface area contributed by atoms with Gasteiger partial charge in [-0.1, -0.05) is 0 Å². The van der Waals surface area contributed by atoms with Gasteiger partial charge in [-0.05, 0) is 12.5 Å². The largest absolute Gasteiger partial charge is 0.368 e. The van der Waals surface area contributed by atoms with E-state index in [9.17, 15) is 14.9 Å². The number of nitrogens with two attached hydrogens (primary N) is 1. The second-order valence-electron chi connectivity index (χ2n) is 4.41. The van der Waals surface area contributed by atoms with Crippen molar-refractivity contribution in [3.05, 3.63) is 27.9 Å². The Morgan fingerprint density at radius 3 is 3.00 bits per heavy atom. The molecule has 1 atom stereocenters. The standard InChI is InChI=1S/C11H15N5O3/c1-7-4-8(16(18)19)5-14-11(7)15-3-2-13-6-9(15)10(12)17/h4-5,9,13H,2-3,6H2,1H3,(H2,12,17). The number of anilines is 1. The van der Waals surface area contributed by atoms with Gasteiger partial charge in [0.25, 0.3) is 5.69 Å². The van der Waals surface area contributed by atoms with Crippen molar-refractivity contribution in [3.8, 4) is 0 Å². The fraction of sp³-hybridized carbons (Fsp3) is 0.455. The molecule has 1 aromatic rings. The number of primary amides is 1. The predicted molar refractivity (Wildman–Crippen MR) is 68.8 cm³/mol. The SMILES string of the molecule is Cc1cc([N+](=O)[O-])cnc1N1CCNCC1C(N)=O. The van der Waals surface area contributed by atoms with Crippen molar-refractivity contribution in [3.63, 3.8) is 0 Å². The van der Waals surface area contributed by atoms with Crippen molar-refractivity contribution >= 4 is 17.4 Å². The van der Waals surface area contributed by atoms with Crippen LogP contribution in [-0.2, 0) is 4.79 Å². The highest BCUT2D eigenvalue weighted by Crippen LogP contribution is 2.23. The molecule has 1 amide bonds. The number of piperazine rings is 1. The molecule has 102 valence electrons. The number of carbonyl (C=O) groups is 1. The molecular formula is C11H15N5O3. The highest BCUT2D eigenvalue weighted by Gasteiger charge is 2.29. The van der Waals surface area contributed by atoms with Crippen LogP contribution in [0, 0.1) is 17.0 Å². The smallest absolute Gasteiger partial charge is 0.287 e. The Morgan fingerprint density at radius 2 is 2.42 bits per heavy atom. The van der Waals surface area contributed by atoms with E-state index >= 15 is 0 Å². The molecule has 1 aliphatic heterocycles. The maximum atomic E-state index is 11.4. The van der Waals surface area contributed by atoms with Gasteiger partial charge in [0, 0.05) is 25.7 Å². The molecule has 1 aliphatic rings.